The summed E-state index contributed by atoms with van der Waals surface area (Å²) >= 11 is 0. The van der Waals surface area contributed by atoms with Gasteiger partial charge in [-0.15, -0.1) is 0 Å². The molecule has 0 aliphatic heterocycles. The molecule has 29 heavy (non-hydrogen) atoms. The second-order valence-corrected chi connectivity index (χ2v) is 6.23. The highest BCUT2D eigenvalue weighted by molar-refractivity contribution is 6.07. The molecule has 3 aromatic rings. The van der Waals surface area contributed by atoms with Crippen molar-refractivity contribution >= 4 is 34.8 Å². The fourth-order valence-corrected chi connectivity index (χ4v) is 2.61. The van der Waals surface area contributed by atoms with E-state index in [1.54, 1.807) is 30.3 Å². The lowest BCUT2D eigenvalue weighted by atomic mass is 10.1. The van der Waals surface area contributed by atoms with Gasteiger partial charge in [-0.3, -0.25) is 14.4 Å². The van der Waals surface area contributed by atoms with Crippen molar-refractivity contribution in [3.8, 4) is 0 Å². The number of anilines is 3. The summed E-state index contributed by atoms with van der Waals surface area (Å²) in [6.07, 6.45) is 0. The normalized spacial score (nSPS) is 10.1. The fraction of sp³-hybridized carbons (Fsp3) is 0.0455. The van der Waals surface area contributed by atoms with E-state index in [1.807, 2.05) is 0 Å². The zero-order valence-corrected chi connectivity index (χ0v) is 15.5. The molecule has 0 atom stereocenters. The molecule has 3 rings (SSSR count). The molecular weight excluding hydrogens is 373 g/mol. The number of hydrogen-bond acceptors (Lipinski definition) is 3. The summed E-state index contributed by atoms with van der Waals surface area (Å²) in [5, 5.41) is 7.86. The van der Waals surface area contributed by atoms with Crippen LogP contribution in [0.3, 0.4) is 0 Å². The highest BCUT2D eigenvalue weighted by atomic mass is 19.1. The van der Waals surface area contributed by atoms with Gasteiger partial charge in [0.15, 0.2) is 0 Å². The van der Waals surface area contributed by atoms with Gasteiger partial charge in [-0.2, -0.15) is 0 Å². The van der Waals surface area contributed by atoms with Crippen LogP contribution in [0.15, 0.2) is 72.8 Å². The lowest BCUT2D eigenvalue weighted by Gasteiger charge is -2.09. The maximum Gasteiger partial charge on any atom is 0.255 e. The fourth-order valence-electron chi connectivity index (χ4n) is 2.61. The van der Waals surface area contributed by atoms with Crippen molar-refractivity contribution in [3.63, 3.8) is 0 Å². The van der Waals surface area contributed by atoms with Gasteiger partial charge in [-0.1, -0.05) is 18.2 Å². The van der Waals surface area contributed by atoms with Crippen molar-refractivity contribution in [2.24, 2.45) is 0 Å². The van der Waals surface area contributed by atoms with Crippen molar-refractivity contribution in [3.05, 3.63) is 89.7 Å². The van der Waals surface area contributed by atoms with E-state index in [-0.39, 0.29) is 23.1 Å². The maximum atomic E-state index is 13.7. The van der Waals surface area contributed by atoms with Crippen LogP contribution in [0.1, 0.15) is 27.6 Å². The van der Waals surface area contributed by atoms with Crippen LogP contribution in [0.2, 0.25) is 0 Å². The van der Waals surface area contributed by atoms with E-state index >= 15 is 0 Å². The van der Waals surface area contributed by atoms with Gasteiger partial charge in [-0.25, -0.2) is 4.39 Å². The smallest absolute Gasteiger partial charge is 0.255 e. The third-order valence-corrected chi connectivity index (χ3v) is 3.97. The minimum Gasteiger partial charge on any atom is -0.326 e. The Bertz CT molecular complexity index is 1060. The molecule has 0 saturated carbocycles. The van der Waals surface area contributed by atoms with E-state index in [9.17, 15) is 18.8 Å². The van der Waals surface area contributed by atoms with Crippen molar-refractivity contribution in [2.45, 2.75) is 6.92 Å². The summed E-state index contributed by atoms with van der Waals surface area (Å²) in [5.74, 6) is -1.59. The molecule has 0 aliphatic carbocycles. The number of carbonyl (C=O) groups excluding carboxylic acids is 3. The van der Waals surface area contributed by atoms with Gasteiger partial charge in [0.1, 0.15) is 5.82 Å². The van der Waals surface area contributed by atoms with Crippen LogP contribution in [0.4, 0.5) is 21.5 Å². The quantitative estimate of drug-likeness (QED) is 0.606. The van der Waals surface area contributed by atoms with Crippen LogP contribution in [0, 0.1) is 5.82 Å². The number of amides is 3. The topological polar surface area (TPSA) is 87.3 Å². The number of hydrogen-bond donors (Lipinski definition) is 3. The molecule has 0 spiro atoms. The predicted octanol–water partition coefficient (Wildman–Crippen LogP) is 4.29. The minimum absolute atomic E-state index is 0.0818. The molecule has 0 aliphatic rings. The van der Waals surface area contributed by atoms with Gasteiger partial charge < -0.3 is 16.0 Å². The SMILES string of the molecule is CC(=O)Nc1cccc(NC(=O)c2ccc(C(=O)Nc3ccccc3F)cc2)c1. The van der Waals surface area contributed by atoms with E-state index in [0.29, 0.717) is 16.9 Å². The standard InChI is InChI=1S/C22H18FN3O3/c1-14(27)24-17-5-4-6-18(13-17)25-21(28)15-9-11-16(12-10-15)22(29)26-20-8-3-2-7-19(20)23/h2-13H,1H3,(H,24,27)(H,25,28)(H,26,29). The average molecular weight is 391 g/mol. The first-order valence-corrected chi connectivity index (χ1v) is 8.77. The Morgan fingerprint density at radius 2 is 1.24 bits per heavy atom. The molecule has 0 unspecified atom stereocenters. The summed E-state index contributed by atoms with van der Waals surface area (Å²) in [5.41, 5.74) is 1.80. The van der Waals surface area contributed by atoms with Crippen LogP contribution in [-0.2, 0) is 4.79 Å². The number of rotatable bonds is 5. The van der Waals surface area contributed by atoms with Crippen LogP contribution in [0.5, 0.6) is 0 Å². The molecule has 0 saturated heterocycles. The molecule has 7 heteroatoms. The molecular formula is C22H18FN3O3. The molecule has 3 N–H and O–H groups in total. The second kappa shape index (κ2) is 8.79. The maximum absolute atomic E-state index is 13.7. The predicted molar refractivity (Wildman–Crippen MR) is 109 cm³/mol. The lowest BCUT2D eigenvalue weighted by Crippen LogP contribution is -2.15. The molecule has 0 bridgehead atoms. The van der Waals surface area contributed by atoms with Crippen LogP contribution in [-0.4, -0.2) is 17.7 Å². The summed E-state index contributed by atoms with van der Waals surface area (Å²) in [6.45, 7) is 1.40. The van der Waals surface area contributed by atoms with Gasteiger partial charge in [0.2, 0.25) is 5.91 Å². The Hall–Kier alpha value is -4.00. The largest absolute Gasteiger partial charge is 0.326 e. The van der Waals surface area contributed by atoms with Gasteiger partial charge in [0, 0.05) is 29.4 Å². The highest BCUT2D eigenvalue weighted by Gasteiger charge is 2.11. The van der Waals surface area contributed by atoms with Crippen LogP contribution >= 0.6 is 0 Å². The first-order valence-electron chi connectivity index (χ1n) is 8.77. The van der Waals surface area contributed by atoms with E-state index < -0.39 is 11.7 Å². The molecule has 6 nitrogen and oxygen atoms in total. The van der Waals surface area contributed by atoms with E-state index in [0.717, 1.165) is 0 Å². The van der Waals surface area contributed by atoms with E-state index in [4.69, 9.17) is 0 Å². The van der Waals surface area contributed by atoms with Gasteiger partial charge in [-0.05, 0) is 54.6 Å². The molecule has 146 valence electrons. The number of nitrogens with one attached hydrogen (secondary N) is 3. The molecule has 3 aromatic carbocycles. The van der Waals surface area contributed by atoms with Crippen molar-refractivity contribution in [1.82, 2.24) is 0 Å². The van der Waals surface area contributed by atoms with Gasteiger partial charge >= 0.3 is 0 Å². The van der Waals surface area contributed by atoms with Crippen molar-refractivity contribution in [1.29, 1.82) is 0 Å². The molecule has 0 heterocycles. The number of benzene rings is 3. The average Bonchev–Trinajstić information content (AvgIpc) is 2.69. The van der Waals surface area contributed by atoms with Crippen molar-refractivity contribution < 1.29 is 18.8 Å². The highest BCUT2D eigenvalue weighted by Crippen LogP contribution is 2.17. The lowest BCUT2D eigenvalue weighted by molar-refractivity contribution is -0.114. The van der Waals surface area contributed by atoms with Gasteiger partial charge in [0.25, 0.3) is 11.8 Å². The van der Waals surface area contributed by atoms with E-state index in [2.05, 4.69) is 16.0 Å². The van der Waals surface area contributed by atoms with E-state index in [1.165, 1.54) is 49.4 Å². The zero-order valence-electron chi connectivity index (χ0n) is 15.5. The van der Waals surface area contributed by atoms with Crippen molar-refractivity contribution in [2.75, 3.05) is 16.0 Å². The second-order valence-electron chi connectivity index (χ2n) is 6.23. The third-order valence-electron chi connectivity index (χ3n) is 3.97. The first-order chi connectivity index (χ1) is 13.9. The number of para-hydroxylation sites is 1. The molecule has 0 fully saturated rings. The Morgan fingerprint density at radius 1 is 0.690 bits per heavy atom. The zero-order chi connectivity index (χ0) is 20.8. The summed E-state index contributed by atoms with van der Waals surface area (Å²) in [7, 11) is 0. The first kappa shape index (κ1) is 19.8. The van der Waals surface area contributed by atoms with Crippen LogP contribution in [0.25, 0.3) is 0 Å². The third kappa shape index (κ3) is 5.26. The Kier molecular flexibility index (Phi) is 5.99. The minimum atomic E-state index is -0.529. The number of halogens is 1. The Labute approximate surface area is 166 Å². The number of carbonyl (C=O) groups is 3. The summed E-state index contributed by atoms with van der Waals surface area (Å²) in [4.78, 5) is 35.8. The Balaban J connectivity index is 1.66. The van der Waals surface area contributed by atoms with Crippen LogP contribution < -0.4 is 16.0 Å². The Morgan fingerprint density at radius 3 is 1.83 bits per heavy atom. The molecule has 0 aromatic heterocycles. The molecule has 0 radical (unpaired) electrons. The summed E-state index contributed by atoms with van der Waals surface area (Å²) in [6, 6.07) is 18.6. The van der Waals surface area contributed by atoms with Gasteiger partial charge in [0.05, 0.1) is 5.69 Å². The summed E-state index contributed by atoms with van der Waals surface area (Å²) < 4.78 is 13.7. The molecule has 3 amide bonds. The monoisotopic (exact) mass is 391 g/mol.